The number of benzene rings is 1. The molecule has 1 fully saturated rings. The molecule has 2 aromatic heterocycles. The number of imidazole rings is 1. The lowest BCUT2D eigenvalue weighted by Gasteiger charge is -2.29. The fraction of sp³-hybridized carbons (Fsp3) is 0.389. The summed E-state index contributed by atoms with van der Waals surface area (Å²) in [6, 6.07) is 7.95. The second-order valence-electron chi connectivity index (χ2n) is 6.24. The Balaban J connectivity index is 1.61. The number of thiazole rings is 1. The van der Waals surface area contributed by atoms with Crippen molar-refractivity contribution in [1.82, 2.24) is 19.4 Å². The van der Waals surface area contributed by atoms with E-state index >= 15 is 0 Å². The van der Waals surface area contributed by atoms with Crippen molar-refractivity contribution in [2.24, 2.45) is 7.05 Å². The highest BCUT2D eigenvalue weighted by atomic mass is 32.1. The zero-order valence-corrected chi connectivity index (χ0v) is 15.5. The molecule has 1 aromatic carbocycles. The summed E-state index contributed by atoms with van der Waals surface area (Å²) in [6.07, 6.45) is 3.43. The van der Waals surface area contributed by atoms with Crippen molar-refractivity contribution < 1.29 is 9.53 Å². The highest BCUT2D eigenvalue weighted by Gasteiger charge is 2.25. The molecule has 4 rings (SSSR count). The van der Waals surface area contributed by atoms with Gasteiger partial charge in [0.2, 0.25) is 0 Å². The normalized spacial score (nSPS) is 15.4. The summed E-state index contributed by atoms with van der Waals surface area (Å²) in [4.78, 5) is 26.1. The van der Waals surface area contributed by atoms with Gasteiger partial charge in [0.25, 0.3) is 5.91 Å². The van der Waals surface area contributed by atoms with Crippen LogP contribution >= 0.6 is 11.3 Å². The zero-order valence-electron chi connectivity index (χ0n) is 14.7. The summed E-state index contributed by atoms with van der Waals surface area (Å²) in [6.45, 7) is 4.64. The first-order valence-electron chi connectivity index (χ1n) is 8.67. The van der Waals surface area contributed by atoms with Crippen LogP contribution in [0.1, 0.15) is 10.6 Å². The SMILES string of the molecule is Cn1ccnc1C(=O)N(CCN1CCOCC1)c1nc2ccccc2s1. The van der Waals surface area contributed by atoms with Gasteiger partial charge in [-0.25, -0.2) is 9.97 Å². The van der Waals surface area contributed by atoms with E-state index in [0.29, 0.717) is 17.5 Å². The standard InChI is InChI=1S/C18H21N5O2S/c1-21-7-6-19-16(21)17(24)23(9-8-22-10-12-25-13-11-22)18-20-14-4-2-3-5-15(14)26-18/h2-7H,8-13H2,1H3. The van der Waals surface area contributed by atoms with Crippen LogP contribution in [-0.2, 0) is 11.8 Å². The fourth-order valence-electron chi connectivity index (χ4n) is 3.02. The number of morpholine rings is 1. The summed E-state index contributed by atoms with van der Waals surface area (Å²) in [5.41, 5.74) is 0.913. The second kappa shape index (κ2) is 7.53. The number of amides is 1. The Morgan fingerprint density at radius 3 is 2.85 bits per heavy atom. The van der Waals surface area contributed by atoms with Crippen LogP contribution in [0.5, 0.6) is 0 Å². The van der Waals surface area contributed by atoms with Crippen molar-refractivity contribution in [3.63, 3.8) is 0 Å². The Kier molecular flexibility index (Phi) is 4.96. The molecule has 1 aliphatic heterocycles. The summed E-state index contributed by atoms with van der Waals surface area (Å²) < 4.78 is 8.23. The smallest absolute Gasteiger partial charge is 0.296 e. The van der Waals surface area contributed by atoms with Crippen LogP contribution in [0, 0.1) is 0 Å². The van der Waals surface area contributed by atoms with E-state index in [-0.39, 0.29) is 5.91 Å². The maximum Gasteiger partial charge on any atom is 0.296 e. The number of aryl methyl sites for hydroxylation is 1. The fourth-order valence-corrected chi connectivity index (χ4v) is 4.01. The third-order valence-corrected chi connectivity index (χ3v) is 5.57. The highest BCUT2D eigenvalue weighted by Crippen LogP contribution is 2.29. The summed E-state index contributed by atoms with van der Waals surface area (Å²) in [7, 11) is 1.83. The van der Waals surface area contributed by atoms with Crippen LogP contribution in [0.3, 0.4) is 0 Å². The molecule has 136 valence electrons. The number of rotatable bonds is 5. The van der Waals surface area contributed by atoms with Gasteiger partial charge in [0.15, 0.2) is 11.0 Å². The van der Waals surface area contributed by atoms with E-state index in [1.165, 1.54) is 11.3 Å². The van der Waals surface area contributed by atoms with Crippen LogP contribution in [0.15, 0.2) is 36.7 Å². The Labute approximate surface area is 155 Å². The van der Waals surface area contributed by atoms with Gasteiger partial charge in [0.1, 0.15) is 0 Å². The monoisotopic (exact) mass is 371 g/mol. The lowest BCUT2D eigenvalue weighted by molar-refractivity contribution is 0.0391. The summed E-state index contributed by atoms with van der Waals surface area (Å²) in [5.74, 6) is 0.302. The molecule has 1 aliphatic rings. The van der Waals surface area contributed by atoms with Crippen LogP contribution < -0.4 is 4.90 Å². The maximum atomic E-state index is 13.1. The average molecular weight is 371 g/mol. The molecule has 0 aliphatic carbocycles. The predicted octanol–water partition coefficient (Wildman–Crippen LogP) is 2.01. The van der Waals surface area contributed by atoms with Crippen LogP contribution in [0.25, 0.3) is 10.2 Å². The Morgan fingerprint density at radius 1 is 1.31 bits per heavy atom. The van der Waals surface area contributed by atoms with E-state index in [1.54, 1.807) is 21.9 Å². The number of carbonyl (C=O) groups is 1. The van der Waals surface area contributed by atoms with Crippen LogP contribution in [-0.4, -0.2) is 64.7 Å². The van der Waals surface area contributed by atoms with Crippen molar-refractivity contribution in [1.29, 1.82) is 0 Å². The molecule has 3 heterocycles. The molecule has 26 heavy (non-hydrogen) atoms. The van der Waals surface area contributed by atoms with Gasteiger partial charge in [0.05, 0.1) is 23.4 Å². The molecule has 0 radical (unpaired) electrons. The minimum absolute atomic E-state index is 0.121. The first-order chi connectivity index (χ1) is 12.7. The van der Waals surface area contributed by atoms with Crippen LogP contribution in [0.4, 0.5) is 5.13 Å². The molecule has 0 N–H and O–H groups in total. The second-order valence-corrected chi connectivity index (χ2v) is 7.25. The number of hydrogen-bond acceptors (Lipinski definition) is 6. The minimum Gasteiger partial charge on any atom is -0.379 e. The number of aromatic nitrogens is 3. The van der Waals surface area contributed by atoms with Crippen molar-refractivity contribution >= 4 is 32.6 Å². The Bertz CT molecular complexity index is 867. The maximum absolute atomic E-state index is 13.1. The first kappa shape index (κ1) is 17.1. The van der Waals surface area contributed by atoms with Crippen molar-refractivity contribution in [2.45, 2.75) is 0 Å². The summed E-state index contributed by atoms with van der Waals surface area (Å²) in [5, 5.41) is 0.715. The van der Waals surface area contributed by atoms with Gasteiger partial charge in [-0.05, 0) is 12.1 Å². The molecule has 0 unspecified atom stereocenters. The van der Waals surface area contributed by atoms with E-state index in [2.05, 4.69) is 14.9 Å². The zero-order chi connectivity index (χ0) is 17.9. The average Bonchev–Trinajstić information content (AvgIpc) is 3.28. The van der Waals surface area contributed by atoms with Gasteiger partial charge >= 0.3 is 0 Å². The number of ether oxygens (including phenoxy) is 1. The Hall–Kier alpha value is -2.29. The molecule has 1 saturated heterocycles. The third-order valence-electron chi connectivity index (χ3n) is 4.51. The molecule has 8 heteroatoms. The summed E-state index contributed by atoms with van der Waals surface area (Å²) >= 11 is 1.54. The topological polar surface area (TPSA) is 63.5 Å². The number of nitrogens with zero attached hydrogens (tertiary/aromatic N) is 5. The molecule has 3 aromatic rings. The molecule has 0 atom stereocenters. The number of hydrogen-bond donors (Lipinski definition) is 0. The Morgan fingerprint density at radius 2 is 2.12 bits per heavy atom. The van der Waals surface area contributed by atoms with Gasteiger partial charge in [-0.2, -0.15) is 0 Å². The molecule has 0 saturated carbocycles. The third kappa shape index (κ3) is 3.48. The van der Waals surface area contributed by atoms with Crippen LogP contribution in [0.2, 0.25) is 0 Å². The highest BCUT2D eigenvalue weighted by molar-refractivity contribution is 7.22. The first-order valence-corrected chi connectivity index (χ1v) is 9.49. The van der Waals surface area contributed by atoms with E-state index in [1.807, 2.05) is 31.3 Å². The number of anilines is 1. The number of para-hydroxylation sites is 1. The lowest BCUT2D eigenvalue weighted by Crippen LogP contribution is -2.43. The predicted molar refractivity (Wildman–Crippen MR) is 102 cm³/mol. The molecular formula is C18H21N5O2S. The van der Waals surface area contributed by atoms with Gasteiger partial charge in [-0.1, -0.05) is 23.5 Å². The molecule has 7 nitrogen and oxygen atoms in total. The van der Waals surface area contributed by atoms with E-state index < -0.39 is 0 Å². The number of carbonyl (C=O) groups excluding carboxylic acids is 1. The molecule has 0 spiro atoms. The lowest BCUT2D eigenvalue weighted by atomic mass is 10.3. The van der Waals surface area contributed by atoms with E-state index in [0.717, 1.165) is 43.1 Å². The van der Waals surface area contributed by atoms with Gasteiger partial charge in [-0.3, -0.25) is 14.6 Å². The quantitative estimate of drug-likeness (QED) is 0.687. The molecule has 1 amide bonds. The van der Waals surface area contributed by atoms with Gasteiger partial charge in [-0.15, -0.1) is 0 Å². The van der Waals surface area contributed by atoms with Crippen molar-refractivity contribution in [3.05, 3.63) is 42.5 Å². The van der Waals surface area contributed by atoms with E-state index in [4.69, 9.17) is 4.74 Å². The number of fused-ring (bicyclic) bond motifs is 1. The van der Waals surface area contributed by atoms with Gasteiger partial charge in [0, 0.05) is 45.6 Å². The minimum atomic E-state index is -0.121. The van der Waals surface area contributed by atoms with Crippen molar-refractivity contribution in [3.8, 4) is 0 Å². The van der Waals surface area contributed by atoms with Gasteiger partial charge < -0.3 is 9.30 Å². The van der Waals surface area contributed by atoms with E-state index in [9.17, 15) is 4.79 Å². The molecule has 0 bridgehead atoms. The molecular weight excluding hydrogens is 350 g/mol. The van der Waals surface area contributed by atoms with Crippen molar-refractivity contribution in [2.75, 3.05) is 44.3 Å². The largest absolute Gasteiger partial charge is 0.379 e.